The van der Waals surface area contributed by atoms with E-state index in [0.29, 0.717) is 0 Å². The van der Waals surface area contributed by atoms with Crippen LogP contribution in [0.5, 0.6) is 0 Å². The molecule has 6 rings (SSSR count). The van der Waals surface area contributed by atoms with Gasteiger partial charge in [0.1, 0.15) is 11.3 Å². The number of para-hydroxylation sites is 3. The standard InChI is InChI=1S/C32H23NO/c1-3-12-24(13-4-1)29-19-8-9-20-30(29)33(27-16-5-2-6-17-27)28-18-11-15-25(22-28)32-23-26-14-7-10-21-31(26)34-32/h1-23H. The van der Waals surface area contributed by atoms with Crippen molar-refractivity contribution in [1.29, 1.82) is 0 Å². The van der Waals surface area contributed by atoms with Gasteiger partial charge >= 0.3 is 0 Å². The molecule has 0 aliphatic heterocycles. The highest BCUT2D eigenvalue weighted by Crippen LogP contribution is 2.41. The number of fused-ring (bicyclic) bond motifs is 1. The van der Waals surface area contributed by atoms with Crippen molar-refractivity contribution in [3.63, 3.8) is 0 Å². The SMILES string of the molecule is c1ccc(-c2ccccc2N(c2ccccc2)c2cccc(-c3cc4ccccc4o3)c2)cc1. The van der Waals surface area contributed by atoms with Crippen LogP contribution in [0, 0.1) is 0 Å². The van der Waals surface area contributed by atoms with Gasteiger partial charge in [0, 0.05) is 27.9 Å². The smallest absolute Gasteiger partial charge is 0.135 e. The first-order valence-electron chi connectivity index (χ1n) is 11.5. The summed E-state index contributed by atoms with van der Waals surface area (Å²) in [5.74, 6) is 0.868. The molecule has 0 aliphatic rings. The van der Waals surface area contributed by atoms with Gasteiger partial charge in [0.25, 0.3) is 0 Å². The lowest BCUT2D eigenvalue weighted by molar-refractivity contribution is 0.631. The molecule has 1 heterocycles. The van der Waals surface area contributed by atoms with Gasteiger partial charge in [-0.1, -0.05) is 97.1 Å². The highest BCUT2D eigenvalue weighted by Gasteiger charge is 2.17. The molecule has 0 N–H and O–H groups in total. The quantitative estimate of drug-likeness (QED) is 0.267. The fourth-order valence-electron chi connectivity index (χ4n) is 4.46. The molecule has 34 heavy (non-hydrogen) atoms. The predicted octanol–water partition coefficient (Wildman–Crippen LogP) is 9.24. The summed E-state index contributed by atoms with van der Waals surface area (Å²) in [6.45, 7) is 0. The fraction of sp³-hybridized carbons (Fsp3) is 0. The summed E-state index contributed by atoms with van der Waals surface area (Å²) < 4.78 is 6.17. The van der Waals surface area contributed by atoms with E-state index in [1.807, 2.05) is 18.2 Å². The van der Waals surface area contributed by atoms with Gasteiger partial charge in [0.05, 0.1) is 5.69 Å². The van der Waals surface area contributed by atoms with E-state index < -0.39 is 0 Å². The van der Waals surface area contributed by atoms with Crippen molar-refractivity contribution in [3.05, 3.63) is 140 Å². The first-order chi connectivity index (χ1) is 16.9. The van der Waals surface area contributed by atoms with Gasteiger partial charge in [-0.25, -0.2) is 0 Å². The van der Waals surface area contributed by atoms with Gasteiger partial charge in [0.2, 0.25) is 0 Å². The van der Waals surface area contributed by atoms with E-state index in [9.17, 15) is 0 Å². The summed E-state index contributed by atoms with van der Waals surface area (Å²) in [6.07, 6.45) is 0. The Balaban J connectivity index is 1.52. The monoisotopic (exact) mass is 437 g/mol. The number of benzene rings is 5. The number of hydrogen-bond donors (Lipinski definition) is 0. The highest BCUT2D eigenvalue weighted by atomic mass is 16.3. The lowest BCUT2D eigenvalue weighted by Gasteiger charge is -2.28. The minimum absolute atomic E-state index is 0.868. The van der Waals surface area contributed by atoms with Crippen LogP contribution < -0.4 is 4.90 Å². The second kappa shape index (κ2) is 8.76. The summed E-state index contributed by atoms with van der Waals surface area (Å²) in [4.78, 5) is 2.31. The van der Waals surface area contributed by atoms with E-state index in [1.165, 1.54) is 11.1 Å². The molecular weight excluding hydrogens is 414 g/mol. The van der Waals surface area contributed by atoms with E-state index in [-0.39, 0.29) is 0 Å². The Morgan fingerprint density at radius 3 is 1.94 bits per heavy atom. The zero-order valence-electron chi connectivity index (χ0n) is 18.6. The molecule has 5 aromatic carbocycles. The highest BCUT2D eigenvalue weighted by molar-refractivity contribution is 5.89. The van der Waals surface area contributed by atoms with Gasteiger partial charge in [-0.3, -0.25) is 0 Å². The molecule has 0 unspecified atom stereocenters. The summed E-state index contributed by atoms with van der Waals surface area (Å²) in [6, 6.07) is 48.4. The molecule has 2 nitrogen and oxygen atoms in total. The van der Waals surface area contributed by atoms with E-state index in [4.69, 9.17) is 4.42 Å². The average Bonchev–Trinajstić information content (AvgIpc) is 3.35. The van der Waals surface area contributed by atoms with Crippen molar-refractivity contribution in [2.24, 2.45) is 0 Å². The lowest BCUT2D eigenvalue weighted by atomic mass is 10.0. The molecule has 0 aliphatic carbocycles. The van der Waals surface area contributed by atoms with Crippen LogP contribution in [0.3, 0.4) is 0 Å². The van der Waals surface area contributed by atoms with Crippen molar-refractivity contribution in [2.75, 3.05) is 4.90 Å². The van der Waals surface area contributed by atoms with Gasteiger partial charge in [-0.2, -0.15) is 0 Å². The molecule has 1 aromatic heterocycles. The Morgan fingerprint density at radius 2 is 1.12 bits per heavy atom. The molecule has 0 saturated heterocycles. The second-order valence-electron chi connectivity index (χ2n) is 8.25. The Kier molecular flexibility index (Phi) is 5.17. The van der Waals surface area contributed by atoms with Crippen LogP contribution in [0.15, 0.2) is 144 Å². The van der Waals surface area contributed by atoms with E-state index in [0.717, 1.165) is 39.4 Å². The van der Waals surface area contributed by atoms with Gasteiger partial charge in [0.15, 0.2) is 0 Å². The first kappa shape index (κ1) is 20.1. The average molecular weight is 438 g/mol. The van der Waals surface area contributed by atoms with Crippen LogP contribution in [0.2, 0.25) is 0 Å². The number of anilines is 3. The molecule has 0 saturated carbocycles. The molecule has 0 amide bonds. The van der Waals surface area contributed by atoms with Crippen LogP contribution in [-0.4, -0.2) is 0 Å². The van der Waals surface area contributed by atoms with Crippen LogP contribution >= 0.6 is 0 Å². The van der Waals surface area contributed by atoms with Gasteiger partial charge in [-0.15, -0.1) is 0 Å². The van der Waals surface area contributed by atoms with Gasteiger partial charge in [-0.05, 0) is 48.0 Å². The van der Waals surface area contributed by atoms with Crippen molar-refractivity contribution in [2.45, 2.75) is 0 Å². The topological polar surface area (TPSA) is 16.4 Å². The van der Waals surface area contributed by atoms with Crippen molar-refractivity contribution in [1.82, 2.24) is 0 Å². The molecule has 2 heteroatoms. The van der Waals surface area contributed by atoms with Crippen LogP contribution in [-0.2, 0) is 0 Å². The van der Waals surface area contributed by atoms with E-state index in [2.05, 4.69) is 126 Å². The minimum atomic E-state index is 0.868. The summed E-state index contributed by atoms with van der Waals surface area (Å²) in [5.41, 5.74) is 7.62. The third-order valence-corrected chi connectivity index (χ3v) is 6.06. The third kappa shape index (κ3) is 3.76. The number of rotatable bonds is 5. The zero-order valence-corrected chi connectivity index (χ0v) is 18.6. The lowest BCUT2D eigenvalue weighted by Crippen LogP contribution is -2.11. The molecule has 0 fully saturated rings. The molecule has 6 aromatic rings. The van der Waals surface area contributed by atoms with E-state index >= 15 is 0 Å². The normalized spacial score (nSPS) is 10.9. The summed E-state index contributed by atoms with van der Waals surface area (Å²) in [5, 5.41) is 1.11. The van der Waals surface area contributed by atoms with Crippen LogP contribution in [0.4, 0.5) is 17.1 Å². The molecule has 0 atom stereocenters. The zero-order chi connectivity index (χ0) is 22.7. The molecular formula is C32H23NO. The minimum Gasteiger partial charge on any atom is -0.456 e. The Hall–Kier alpha value is -4.56. The maximum Gasteiger partial charge on any atom is 0.135 e. The second-order valence-corrected chi connectivity index (χ2v) is 8.25. The van der Waals surface area contributed by atoms with E-state index in [1.54, 1.807) is 0 Å². The first-order valence-corrected chi connectivity index (χ1v) is 11.5. The fourth-order valence-corrected chi connectivity index (χ4v) is 4.46. The maximum absolute atomic E-state index is 6.17. The van der Waals surface area contributed by atoms with Crippen molar-refractivity contribution in [3.8, 4) is 22.5 Å². The molecule has 0 radical (unpaired) electrons. The summed E-state index contributed by atoms with van der Waals surface area (Å²) in [7, 11) is 0. The molecule has 0 bridgehead atoms. The number of furan rings is 1. The van der Waals surface area contributed by atoms with Crippen molar-refractivity contribution < 1.29 is 4.42 Å². The Labute approximate surface area is 199 Å². The van der Waals surface area contributed by atoms with Crippen LogP contribution in [0.25, 0.3) is 33.4 Å². The third-order valence-electron chi connectivity index (χ3n) is 6.06. The van der Waals surface area contributed by atoms with Crippen LogP contribution in [0.1, 0.15) is 0 Å². The predicted molar refractivity (Wildman–Crippen MR) is 142 cm³/mol. The largest absolute Gasteiger partial charge is 0.456 e. The Morgan fingerprint density at radius 1 is 0.471 bits per heavy atom. The number of hydrogen-bond acceptors (Lipinski definition) is 2. The van der Waals surface area contributed by atoms with Gasteiger partial charge < -0.3 is 9.32 Å². The van der Waals surface area contributed by atoms with Crippen molar-refractivity contribution >= 4 is 28.0 Å². The Bertz CT molecular complexity index is 1520. The maximum atomic E-state index is 6.17. The molecule has 0 spiro atoms. The summed E-state index contributed by atoms with van der Waals surface area (Å²) >= 11 is 0. The molecule has 162 valence electrons. The number of nitrogens with zero attached hydrogens (tertiary/aromatic N) is 1.